The van der Waals surface area contributed by atoms with Crippen molar-refractivity contribution in [1.82, 2.24) is 15.5 Å². The van der Waals surface area contributed by atoms with Crippen LogP contribution in [0.4, 0.5) is 4.79 Å². The Morgan fingerprint density at radius 2 is 1.86 bits per heavy atom. The number of nitriles is 1. The molecule has 0 aromatic heterocycles. The number of hydrogen-bond donors (Lipinski definition) is 2. The van der Waals surface area contributed by atoms with Gasteiger partial charge in [0.25, 0.3) is 5.91 Å². The Labute approximate surface area is 174 Å². The largest absolute Gasteiger partial charge is 0.444 e. The first-order chi connectivity index (χ1) is 13.8. The lowest BCUT2D eigenvalue weighted by atomic mass is 10.1. The summed E-state index contributed by atoms with van der Waals surface area (Å²) in [5, 5.41) is 15.1. The normalized spacial score (nSPS) is 15.6. The van der Waals surface area contributed by atoms with E-state index in [-0.39, 0.29) is 23.6 Å². The first-order valence-electron chi connectivity index (χ1n) is 10.5. The predicted molar refractivity (Wildman–Crippen MR) is 111 cm³/mol. The molecular formula is C21H36N4O4. The third-order valence-electron chi connectivity index (χ3n) is 4.37. The SMILES string of the molecule is CCCCOCCCNC(=O)/C(C#N)=C\NC1CCN(C(=O)OC(C)(C)C)CC1. The van der Waals surface area contributed by atoms with Crippen molar-refractivity contribution in [2.75, 3.05) is 32.8 Å². The molecule has 29 heavy (non-hydrogen) atoms. The summed E-state index contributed by atoms with van der Waals surface area (Å²) < 4.78 is 10.8. The molecule has 0 atom stereocenters. The maximum absolute atomic E-state index is 12.1. The van der Waals surface area contributed by atoms with Crippen molar-refractivity contribution in [2.45, 2.75) is 71.4 Å². The van der Waals surface area contributed by atoms with Crippen LogP contribution in [-0.4, -0.2) is 61.4 Å². The highest BCUT2D eigenvalue weighted by atomic mass is 16.6. The van der Waals surface area contributed by atoms with E-state index in [2.05, 4.69) is 17.6 Å². The molecule has 0 radical (unpaired) electrons. The quantitative estimate of drug-likeness (QED) is 0.327. The molecule has 1 rings (SSSR count). The van der Waals surface area contributed by atoms with Gasteiger partial charge in [-0.15, -0.1) is 0 Å². The summed E-state index contributed by atoms with van der Waals surface area (Å²) in [6, 6.07) is 2.04. The van der Waals surface area contributed by atoms with Crippen LogP contribution >= 0.6 is 0 Å². The van der Waals surface area contributed by atoms with Crippen LogP contribution < -0.4 is 10.6 Å². The van der Waals surface area contributed by atoms with Gasteiger partial charge in [0.05, 0.1) is 0 Å². The van der Waals surface area contributed by atoms with Gasteiger partial charge in [-0.05, 0) is 46.5 Å². The van der Waals surface area contributed by atoms with Crippen molar-refractivity contribution in [3.8, 4) is 6.07 Å². The summed E-state index contributed by atoms with van der Waals surface area (Å²) >= 11 is 0. The summed E-state index contributed by atoms with van der Waals surface area (Å²) in [5.74, 6) is -0.389. The van der Waals surface area contributed by atoms with Crippen LogP contribution in [0.5, 0.6) is 0 Å². The average molecular weight is 409 g/mol. The molecule has 0 unspecified atom stereocenters. The highest BCUT2D eigenvalue weighted by Gasteiger charge is 2.26. The summed E-state index contributed by atoms with van der Waals surface area (Å²) in [7, 11) is 0. The lowest BCUT2D eigenvalue weighted by Gasteiger charge is -2.33. The minimum atomic E-state index is -0.508. The second kappa shape index (κ2) is 13.0. The number of nitrogens with one attached hydrogen (secondary N) is 2. The molecule has 0 aromatic carbocycles. The van der Waals surface area contributed by atoms with Gasteiger partial charge in [0.1, 0.15) is 17.2 Å². The lowest BCUT2D eigenvalue weighted by Crippen LogP contribution is -2.45. The minimum absolute atomic E-state index is 0.0477. The maximum Gasteiger partial charge on any atom is 0.410 e. The number of unbranched alkanes of at least 4 members (excludes halogenated alkanes) is 1. The van der Waals surface area contributed by atoms with Gasteiger partial charge in [0.15, 0.2) is 0 Å². The standard InChI is InChI=1S/C21H36N4O4/c1-5-6-13-28-14-7-10-23-19(26)17(15-22)16-24-18-8-11-25(12-9-18)20(27)29-21(2,3)4/h16,18,24H,5-14H2,1-4H3,(H,23,26)/b17-16-. The topological polar surface area (TPSA) is 104 Å². The Bertz CT molecular complexity index is 584. The number of carbonyl (C=O) groups excluding carboxylic acids is 2. The molecule has 1 heterocycles. The van der Waals surface area contributed by atoms with Gasteiger partial charge in [-0.3, -0.25) is 4.79 Å². The smallest absolute Gasteiger partial charge is 0.410 e. The third-order valence-corrected chi connectivity index (χ3v) is 4.37. The fraction of sp³-hybridized carbons (Fsp3) is 0.762. The van der Waals surface area contributed by atoms with Gasteiger partial charge in [0, 0.05) is 45.1 Å². The molecule has 0 saturated carbocycles. The molecule has 0 aromatic rings. The van der Waals surface area contributed by atoms with E-state index in [0.717, 1.165) is 32.3 Å². The van der Waals surface area contributed by atoms with Crippen molar-refractivity contribution in [2.24, 2.45) is 0 Å². The maximum atomic E-state index is 12.1. The first kappa shape index (κ1) is 24.8. The molecule has 1 fully saturated rings. The van der Waals surface area contributed by atoms with Gasteiger partial charge < -0.3 is 25.0 Å². The van der Waals surface area contributed by atoms with Crippen LogP contribution in [0.1, 0.15) is 59.8 Å². The number of nitrogens with zero attached hydrogens (tertiary/aromatic N) is 2. The number of likely N-dealkylation sites (tertiary alicyclic amines) is 1. The Morgan fingerprint density at radius 1 is 1.21 bits per heavy atom. The van der Waals surface area contributed by atoms with Crippen LogP contribution in [0.25, 0.3) is 0 Å². The van der Waals surface area contributed by atoms with Gasteiger partial charge in [-0.2, -0.15) is 5.26 Å². The zero-order valence-corrected chi connectivity index (χ0v) is 18.3. The monoisotopic (exact) mass is 408 g/mol. The zero-order chi connectivity index (χ0) is 21.7. The fourth-order valence-electron chi connectivity index (χ4n) is 2.72. The molecule has 0 spiro atoms. The molecule has 8 heteroatoms. The van der Waals surface area contributed by atoms with E-state index < -0.39 is 5.60 Å². The zero-order valence-electron chi connectivity index (χ0n) is 18.3. The highest BCUT2D eigenvalue weighted by Crippen LogP contribution is 2.15. The predicted octanol–water partition coefficient (Wildman–Crippen LogP) is 2.71. The Kier molecular flexibility index (Phi) is 11.1. The number of carbonyl (C=O) groups is 2. The van der Waals surface area contributed by atoms with E-state index in [1.807, 2.05) is 26.8 Å². The van der Waals surface area contributed by atoms with Crippen molar-refractivity contribution >= 4 is 12.0 Å². The molecule has 1 aliphatic heterocycles. The average Bonchev–Trinajstić information content (AvgIpc) is 2.67. The van der Waals surface area contributed by atoms with Crippen LogP contribution in [0.3, 0.4) is 0 Å². The molecule has 8 nitrogen and oxygen atoms in total. The molecule has 2 N–H and O–H groups in total. The minimum Gasteiger partial charge on any atom is -0.444 e. The highest BCUT2D eigenvalue weighted by molar-refractivity contribution is 5.97. The van der Waals surface area contributed by atoms with Crippen molar-refractivity contribution in [3.05, 3.63) is 11.8 Å². The van der Waals surface area contributed by atoms with Crippen LogP contribution in [0.15, 0.2) is 11.8 Å². The van der Waals surface area contributed by atoms with E-state index in [9.17, 15) is 14.9 Å². The summed E-state index contributed by atoms with van der Waals surface area (Å²) in [5.41, 5.74) is -0.461. The summed E-state index contributed by atoms with van der Waals surface area (Å²) in [6.07, 6.45) is 5.47. The molecule has 1 aliphatic rings. The van der Waals surface area contributed by atoms with Crippen LogP contribution in [0, 0.1) is 11.3 Å². The van der Waals surface area contributed by atoms with E-state index in [1.54, 1.807) is 4.90 Å². The summed E-state index contributed by atoms with van der Waals surface area (Å²) in [6.45, 7) is 10.6. The second-order valence-electron chi connectivity index (χ2n) is 8.15. The van der Waals surface area contributed by atoms with E-state index in [0.29, 0.717) is 32.7 Å². The third kappa shape index (κ3) is 10.7. The van der Waals surface area contributed by atoms with Gasteiger partial charge >= 0.3 is 6.09 Å². The fourth-order valence-corrected chi connectivity index (χ4v) is 2.72. The van der Waals surface area contributed by atoms with Gasteiger partial charge in [-0.1, -0.05) is 13.3 Å². The Morgan fingerprint density at radius 3 is 2.45 bits per heavy atom. The Balaban J connectivity index is 2.31. The molecule has 2 amide bonds. The number of rotatable bonds is 10. The second-order valence-corrected chi connectivity index (χ2v) is 8.15. The summed E-state index contributed by atoms with van der Waals surface area (Å²) in [4.78, 5) is 25.9. The first-order valence-corrected chi connectivity index (χ1v) is 10.5. The number of hydrogen-bond acceptors (Lipinski definition) is 6. The number of piperidine rings is 1. The van der Waals surface area contributed by atoms with Crippen molar-refractivity contribution < 1.29 is 19.1 Å². The molecular weight excluding hydrogens is 372 g/mol. The van der Waals surface area contributed by atoms with Gasteiger partial charge in [0.2, 0.25) is 0 Å². The van der Waals surface area contributed by atoms with Gasteiger partial charge in [-0.25, -0.2) is 4.79 Å². The number of amides is 2. The molecule has 0 aliphatic carbocycles. The van der Waals surface area contributed by atoms with Crippen LogP contribution in [0.2, 0.25) is 0 Å². The van der Waals surface area contributed by atoms with Crippen molar-refractivity contribution in [1.29, 1.82) is 5.26 Å². The molecule has 1 saturated heterocycles. The number of ether oxygens (including phenoxy) is 2. The van der Waals surface area contributed by atoms with E-state index in [4.69, 9.17) is 9.47 Å². The van der Waals surface area contributed by atoms with Crippen molar-refractivity contribution in [3.63, 3.8) is 0 Å². The van der Waals surface area contributed by atoms with E-state index in [1.165, 1.54) is 6.20 Å². The van der Waals surface area contributed by atoms with Crippen LogP contribution in [-0.2, 0) is 14.3 Å². The lowest BCUT2D eigenvalue weighted by molar-refractivity contribution is -0.117. The van der Waals surface area contributed by atoms with E-state index >= 15 is 0 Å². The molecule has 0 bridgehead atoms. The Hall–Kier alpha value is -2.27. The molecule has 164 valence electrons.